The molecule has 3 rings (SSSR count). The van der Waals surface area contributed by atoms with Crippen LogP contribution < -0.4 is 21.4 Å². The summed E-state index contributed by atoms with van der Waals surface area (Å²) in [6, 6.07) is 7.17. The molecule has 0 aliphatic carbocycles. The fraction of sp³-hybridized carbons (Fsp3) is 0.294. The monoisotopic (exact) mass is 388 g/mol. The van der Waals surface area contributed by atoms with Crippen LogP contribution in [-0.4, -0.2) is 55.4 Å². The highest BCUT2D eigenvalue weighted by molar-refractivity contribution is 5.80. The van der Waals surface area contributed by atoms with Crippen molar-refractivity contribution < 1.29 is 14.9 Å². The number of aromatic nitrogens is 4. The number of ether oxygens (including phenoxy) is 1. The molecule has 0 radical (unpaired) electrons. The summed E-state index contributed by atoms with van der Waals surface area (Å²) >= 11 is 0. The first kappa shape index (κ1) is 19.3. The Morgan fingerprint density at radius 1 is 1.36 bits per heavy atom. The van der Waals surface area contributed by atoms with Crippen molar-refractivity contribution in [3.8, 4) is 5.75 Å². The first-order valence-corrected chi connectivity index (χ1v) is 8.36. The number of aromatic amines is 1. The third-order valence-corrected chi connectivity index (χ3v) is 4.11. The number of hydrogen-bond donors (Lipinski definition) is 4. The molecular formula is C17H20N6O5. The number of hydrogen-bond acceptors (Lipinski definition) is 8. The molecule has 1 aromatic carbocycles. The number of nitrogens with one attached hydrogen (secondary N) is 2. The van der Waals surface area contributed by atoms with E-state index in [9.17, 15) is 14.7 Å². The Morgan fingerprint density at radius 2 is 2.07 bits per heavy atom. The Kier molecular flexibility index (Phi) is 5.57. The first-order valence-electron chi connectivity index (χ1n) is 8.36. The van der Waals surface area contributed by atoms with E-state index >= 15 is 0 Å². The maximum atomic E-state index is 12.3. The maximum absolute atomic E-state index is 12.3. The van der Waals surface area contributed by atoms with Gasteiger partial charge in [0, 0.05) is 7.05 Å². The van der Waals surface area contributed by atoms with E-state index in [0.717, 1.165) is 5.56 Å². The van der Waals surface area contributed by atoms with Crippen molar-refractivity contribution in [2.24, 2.45) is 12.1 Å². The Morgan fingerprint density at radius 3 is 2.71 bits per heavy atom. The van der Waals surface area contributed by atoms with E-state index in [4.69, 9.17) is 9.84 Å². The third kappa shape index (κ3) is 3.80. The Bertz CT molecular complexity index is 1110. The van der Waals surface area contributed by atoms with Crippen molar-refractivity contribution in [2.45, 2.75) is 12.6 Å². The topological polar surface area (TPSA) is 147 Å². The zero-order valence-corrected chi connectivity index (χ0v) is 15.3. The molecule has 28 heavy (non-hydrogen) atoms. The molecule has 4 N–H and O–H groups in total. The van der Waals surface area contributed by atoms with Gasteiger partial charge in [0.2, 0.25) is 5.95 Å². The van der Waals surface area contributed by atoms with E-state index in [2.05, 4.69) is 20.5 Å². The zero-order valence-electron chi connectivity index (χ0n) is 15.3. The normalized spacial score (nSPS) is 12.6. The molecule has 0 saturated carbocycles. The minimum Gasteiger partial charge on any atom is -0.497 e. The van der Waals surface area contributed by atoms with Gasteiger partial charge in [0.1, 0.15) is 5.75 Å². The fourth-order valence-electron chi connectivity index (χ4n) is 2.62. The number of benzene rings is 1. The van der Waals surface area contributed by atoms with Crippen LogP contribution in [0.3, 0.4) is 0 Å². The Balaban J connectivity index is 1.98. The van der Waals surface area contributed by atoms with E-state index in [1.165, 1.54) is 22.4 Å². The van der Waals surface area contributed by atoms with Crippen molar-refractivity contribution in [3.63, 3.8) is 0 Å². The number of fused-ring (bicyclic) bond motifs is 1. The van der Waals surface area contributed by atoms with Gasteiger partial charge in [-0.1, -0.05) is 0 Å². The predicted molar refractivity (Wildman–Crippen MR) is 103 cm³/mol. The number of nitrogens with zero attached hydrogens (tertiary/aromatic N) is 4. The molecule has 0 spiro atoms. The second-order valence-electron chi connectivity index (χ2n) is 6.02. The molecule has 0 fully saturated rings. The van der Waals surface area contributed by atoms with E-state index in [-0.39, 0.29) is 23.7 Å². The summed E-state index contributed by atoms with van der Waals surface area (Å²) in [5.41, 5.74) is 2.44. The number of aliphatic hydroxyl groups is 2. The van der Waals surface area contributed by atoms with Gasteiger partial charge in [-0.2, -0.15) is 10.1 Å². The molecule has 148 valence electrons. The second kappa shape index (κ2) is 8.06. The molecule has 1 atom stereocenters. The SMILES string of the molecule is COc1ccc(/C=N\Nc2nc3c(c(=O)[nH]c(=O)n3C)n2C[C@H](O)CO)cc1. The highest BCUT2D eigenvalue weighted by Crippen LogP contribution is 2.16. The van der Waals surface area contributed by atoms with Gasteiger partial charge in [0.05, 0.1) is 32.6 Å². The van der Waals surface area contributed by atoms with Gasteiger partial charge in [-0.05, 0) is 29.8 Å². The van der Waals surface area contributed by atoms with Crippen molar-refractivity contribution in [1.29, 1.82) is 0 Å². The number of anilines is 1. The largest absolute Gasteiger partial charge is 0.497 e. The molecule has 0 saturated heterocycles. The average molecular weight is 388 g/mol. The smallest absolute Gasteiger partial charge is 0.329 e. The molecule has 0 amide bonds. The summed E-state index contributed by atoms with van der Waals surface area (Å²) in [6.45, 7) is -0.618. The van der Waals surface area contributed by atoms with E-state index in [1.807, 2.05) is 0 Å². The van der Waals surface area contributed by atoms with Gasteiger partial charge in [-0.3, -0.25) is 14.3 Å². The van der Waals surface area contributed by atoms with Gasteiger partial charge in [0.25, 0.3) is 5.56 Å². The minimum atomic E-state index is -1.12. The molecule has 3 aromatic rings. The van der Waals surface area contributed by atoms with Crippen molar-refractivity contribution in [2.75, 3.05) is 19.1 Å². The minimum absolute atomic E-state index is 0.0803. The van der Waals surface area contributed by atoms with Crippen LogP contribution in [0.25, 0.3) is 11.2 Å². The van der Waals surface area contributed by atoms with Gasteiger partial charge < -0.3 is 19.5 Å². The quantitative estimate of drug-likeness (QED) is 0.307. The summed E-state index contributed by atoms with van der Waals surface area (Å²) in [5, 5.41) is 23.1. The standard InChI is InChI=1S/C17H20N6O5/c1-22-14-13(15(26)20-17(22)27)23(8-11(25)9-24)16(19-14)21-18-7-10-3-5-12(28-2)6-4-10/h3-7,11,24-25H,8-9H2,1-2H3,(H,19,21)(H,20,26,27)/b18-7-/t11-/m0/s1. The van der Waals surface area contributed by atoms with Crippen LogP contribution in [0.5, 0.6) is 5.75 Å². The van der Waals surface area contributed by atoms with Crippen LogP contribution in [0.4, 0.5) is 5.95 Å². The number of rotatable bonds is 7. The highest BCUT2D eigenvalue weighted by Gasteiger charge is 2.19. The summed E-state index contributed by atoms with van der Waals surface area (Å²) in [6.07, 6.45) is 0.412. The number of imidazole rings is 1. The van der Waals surface area contributed by atoms with Crippen LogP contribution in [-0.2, 0) is 13.6 Å². The summed E-state index contributed by atoms with van der Waals surface area (Å²) in [7, 11) is 3.04. The molecule has 11 nitrogen and oxygen atoms in total. The van der Waals surface area contributed by atoms with Crippen molar-refractivity contribution in [1.82, 2.24) is 19.1 Å². The number of hydrazone groups is 1. The van der Waals surface area contributed by atoms with Crippen LogP contribution in [0.2, 0.25) is 0 Å². The van der Waals surface area contributed by atoms with Crippen LogP contribution in [0, 0.1) is 0 Å². The number of aryl methyl sites for hydroxylation is 1. The number of aliphatic hydroxyl groups excluding tert-OH is 2. The molecule has 0 unspecified atom stereocenters. The lowest BCUT2D eigenvalue weighted by Gasteiger charge is -2.11. The Labute approximate surface area is 158 Å². The number of methoxy groups -OCH3 is 1. The van der Waals surface area contributed by atoms with Gasteiger partial charge >= 0.3 is 5.69 Å². The van der Waals surface area contributed by atoms with Crippen molar-refractivity contribution >= 4 is 23.3 Å². The average Bonchev–Trinajstić information content (AvgIpc) is 3.05. The maximum Gasteiger partial charge on any atom is 0.329 e. The molecule has 2 aromatic heterocycles. The fourth-order valence-corrected chi connectivity index (χ4v) is 2.62. The highest BCUT2D eigenvalue weighted by atomic mass is 16.5. The lowest BCUT2D eigenvalue weighted by Crippen LogP contribution is -2.30. The molecule has 0 bridgehead atoms. The lowest BCUT2D eigenvalue weighted by molar-refractivity contribution is 0.0825. The van der Waals surface area contributed by atoms with Crippen LogP contribution in [0.1, 0.15) is 5.56 Å². The Hall–Kier alpha value is -3.44. The lowest BCUT2D eigenvalue weighted by atomic mass is 10.2. The second-order valence-corrected chi connectivity index (χ2v) is 6.02. The molecule has 0 aliphatic heterocycles. The van der Waals surface area contributed by atoms with E-state index < -0.39 is 24.0 Å². The van der Waals surface area contributed by atoms with Crippen LogP contribution in [0.15, 0.2) is 39.0 Å². The molecule has 0 aliphatic rings. The number of H-pyrrole nitrogens is 1. The summed E-state index contributed by atoms with van der Waals surface area (Å²) in [4.78, 5) is 30.5. The summed E-state index contributed by atoms with van der Waals surface area (Å²) in [5.74, 6) is 0.851. The van der Waals surface area contributed by atoms with Crippen molar-refractivity contribution in [3.05, 3.63) is 50.7 Å². The van der Waals surface area contributed by atoms with Gasteiger partial charge in [0.15, 0.2) is 11.2 Å². The van der Waals surface area contributed by atoms with Gasteiger partial charge in [-0.25, -0.2) is 10.2 Å². The predicted octanol–water partition coefficient (Wildman–Crippen LogP) is -0.769. The summed E-state index contributed by atoms with van der Waals surface area (Å²) < 4.78 is 7.63. The zero-order chi connectivity index (χ0) is 20.3. The molecule has 11 heteroatoms. The van der Waals surface area contributed by atoms with E-state index in [1.54, 1.807) is 31.4 Å². The third-order valence-electron chi connectivity index (χ3n) is 4.11. The molecule has 2 heterocycles. The van der Waals surface area contributed by atoms with E-state index in [0.29, 0.717) is 5.75 Å². The first-order chi connectivity index (χ1) is 13.4. The van der Waals surface area contributed by atoms with Gasteiger partial charge in [-0.15, -0.1) is 0 Å². The van der Waals surface area contributed by atoms with Crippen LogP contribution >= 0.6 is 0 Å². The molecular weight excluding hydrogens is 368 g/mol.